The SMILES string of the molecule is CCc1cccc(CC)c1NC(=O)c1ccc(OCC(=O)Nc2ccc(F)cc2)cc1. The number of hydrogen-bond acceptors (Lipinski definition) is 3. The highest BCUT2D eigenvalue weighted by Gasteiger charge is 2.12. The highest BCUT2D eigenvalue weighted by Crippen LogP contribution is 2.23. The average Bonchev–Trinajstić information content (AvgIpc) is 2.79. The van der Waals surface area contributed by atoms with Crippen LogP contribution >= 0.6 is 0 Å². The molecule has 0 atom stereocenters. The number of carbonyl (C=O) groups is 2. The molecule has 0 fully saturated rings. The Bertz CT molecular complexity index is 1030. The third-order valence-corrected chi connectivity index (χ3v) is 4.85. The Morgan fingerprint density at radius 1 is 0.839 bits per heavy atom. The number of aryl methyl sites for hydroxylation is 2. The lowest BCUT2D eigenvalue weighted by atomic mass is 10.0. The van der Waals surface area contributed by atoms with Gasteiger partial charge in [-0.15, -0.1) is 0 Å². The van der Waals surface area contributed by atoms with Crippen molar-refractivity contribution in [3.05, 3.63) is 89.2 Å². The maximum atomic E-state index is 12.9. The zero-order chi connectivity index (χ0) is 22.2. The fourth-order valence-corrected chi connectivity index (χ4v) is 3.17. The molecule has 5 nitrogen and oxygen atoms in total. The van der Waals surface area contributed by atoms with Crippen molar-refractivity contribution in [2.75, 3.05) is 17.2 Å². The van der Waals surface area contributed by atoms with Crippen LogP contribution < -0.4 is 15.4 Å². The Kier molecular flexibility index (Phi) is 7.38. The minimum absolute atomic E-state index is 0.198. The van der Waals surface area contributed by atoms with E-state index in [1.807, 2.05) is 18.2 Å². The van der Waals surface area contributed by atoms with Gasteiger partial charge in [0.05, 0.1) is 0 Å². The second-order valence-corrected chi connectivity index (χ2v) is 6.98. The van der Waals surface area contributed by atoms with Crippen molar-refractivity contribution in [3.8, 4) is 5.75 Å². The lowest BCUT2D eigenvalue weighted by molar-refractivity contribution is -0.118. The summed E-state index contributed by atoms with van der Waals surface area (Å²) in [7, 11) is 0. The first kappa shape index (κ1) is 22.0. The molecular weight excluding hydrogens is 395 g/mol. The van der Waals surface area contributed by atoms with Gasteiger partial charge in [0.15, 0.2) is 6.61 Å². The highest BCUT2D eigenvalue weighted by atomic mass is 19.1. The zero-order valence-electron chi connectivity index (χ0n) is 17.6. The minimum Gasteiger partial charge on any atom is -0.484 e. The van der Waals surface area contributed by atoms with E-state index in [0.29, 0.717) is 17.0 Å². The molecule has 2 amide bonds. The molecule has 0 saturated heterocycles. The quantitative estimate of drug-likeness (QED) is 0.525. The summed E-state index contributed by atoms with van der Waals surface area (Å²) in [6, 6.07) is 18.1. The van der Waals surface area contributed by atoms with Gasteiger partial charge in [0.2, 0.25) is 0 Å². The topological polar surface area (TPSA) is 67.4 Å². The van der Waals surface area contributed by atoms with Gasteiger partial charge in [-0.3, -0.25) is 9.59 Å². The molecule has 0 aliphatic heterocycles. The molecular formula is C25H25FN2O3. The van der Waals surface area contributed by atoms with E-state index in [1.165, 1.54) is 24.3 Å². The Labute approximate surface area is 181 Å². The van der Waals surface area contributed by atoms with E-state index in [4.69, 9.17) is 4.74 Å². The van der Waals surface area contributed by atoms with Crippen molar-refractivity contribution >= 4 is 23.2 Å². The molecule has 2 N–H and O–H groups in total. The molecule has 0 spiro atoms. The van der Waals surface area contributed by atoms with E-state index in [-0.39, 0.29) is 24.2 Å². The van der Waals surface area contributed by atoms with Gasteiger partial charge < -0.3 is 15.4 Å². The van der Waals surface area contributed by atoms with Crippen LogP contribution in [0.2, 0.25) is 0 Å². The normalized spacial score (nSPS) is 10.4. The molecule has 0 aliphatic rings. The van der Waals surface area contributed by atoms with Gasteiger partial charge in [0.1, 0.15) is 11.6 Å². The van der Waals surface area contributed by atoms with Crippen LogP contribution in [0.3, 0.4) is 0 Å². The van der Waals surface area contributed by atoms with E-state index in [0.717, 1.165) is 29.7 Å². The predicted octanol–water partition coefficient (Wildman–Crippen LogP) is 5.22. The summed E-state index contributed by atoms with van der Waals surface area (Å²) < 4.78 is 18.4. The second-order valence-electron chi connectivity index (χ2n) is 6.98. The Balaban J connectivity index is 1.58. The Morgan fingerprint density at radius 3 is 2.03 bits per heavy atom. The number of para-hydroxylation sites is 1. The molecule has 3 rings (SSSR count). The molecule has 0 radical (unpaired) electrons. The van der Waals surface area contributed by atoms with Crippen LogP contribution in [-0.2, 0) is 17.6 Å². The smallest absolute Gasteiger partial charge is 0.262 e. The molecule has 3 aromatic carbocycles. The first-order valence-electron chi connectivity index (χ1n) is 10.2. The number of amides is 2. The summed E-state index contributed by atoms with van der Waals surface area (Å²) in [5, 5.41) is 5.65. The van der Waals surface area contributed by atoms with Gasteiger partial charge in [0.25, 0.3) is 11.8 Å². The van der Waals surface area contributed by atoms with E-state index in [1.54, 1.807) is 24.3 Å². The van der Waals surface area contributed by atoms with E-state index in [9.17, 15) is 14.0 Å². The molecule has 6 heteroatoms. The summed E-state index contributed by atoms with van der Waals surface area (Å²) in [5.41, 5.74) is 4.05. The number of nitrogens with one attached hydrogen (secondary N) is 2. The third kappa shape index (κ3) is 5.92. The molecule has 31 heavy (non-hydrogen) atoms. The molecule has 0 heterocycles. The fraction of sp³-hybridized carbons (Fsp3) is 0.200. The van der Waals surface area contributed by atoms with E-state index in [2.05, 4.69) is 24.5 Å². The van der Waals surface area contributed by atoms with Gasteiger partial charge in [-0.2, -0.15) is 0 Å². The second kappa shape index (κ2) is 10.4. The molecule has 0 aromatic heterocycles. The summed E-state index contributed by atoms with van der Waals surface area (Å²) in [5.74, 6) is -0.468. The van der Waals surface area contributed by atoms with Crippen molar-refractivity contribution in [1.29, 1.82) is 0 Å². The number of benzene rings is 3. The van der Waals surface area contributed by atoms with Crippen molar-refractivity contribution in [2.24, 2.45) is 0 Å². The zero-order valence-corrected chi connectivity index (χ0v) is 17.6. The van der Waals surface area contributed by atoms with Crippen LogP contribution in [0, 0.1) is 5.82 Å². The molecule has 0 saturated carbocycles. The molecule has 3 aromatic rings. The number of anilines is 2. The summed E-state index contributed by atoms with van der Waals surface area (Å²) in [6.07, 6.45) is 1.66. The first-order chi connectivity index (χ1) is 15.0. The number of hydrogen-bond donors (Lipinski definition) is 2. The maximum absolute atomic E-state index is 12.9. The van der Waals surface area contributed by atoms with Crippen molar-refractivity contribution in [3.63, 3.8) is 0 Å². The predicted molar refractivity (Wildman–Crippen MR) is 120 cm³/mol. The van der Waals surface area contributed by atoms with Gasteiger partial charge in [-0.25, -0.2) is 4.39 Å². The fourth-order valence-electron chi connectivity index (χ4n) is 3.17. The standard InChI is InChI=1S/C25H25FN2O3/c1-3-17-6-5-7-18(4-2)24(17)28-25(30)19-8-14-22(15-9-19)31-16-23(29)27-21-12-10-20(26)11-13-21/h5-15H,3-4,16H2,1-2H3,(H,27,29)(H,28,30). The minimum atomic E-state index is -0.373. The van der Waals surface area contributed by atoms with E-state index < -0.39 is 0 Å². The Morgan fingerprint density at radius 2 is 1.45 bits per heavy atom. The van der Waals surface area contributed by atoms with Crippen molar-refractivity contribution in [2.45, 2.75) is 26.7 Å². The molecule has 0 bridgehead atoms. The van der Waals surface area contributed by atoms with Gasteiger partial charge >= 0.3 is 0 Å². The van der Waals surface area contributed by atoms with Gasteiger partial charge in [0, 0.05) is 16.9 Å². The summed E-state index contributed by atoms with van der Waals surface area (Å²) >= 11 is 0. The van der Waals surface area contributed by atoms with Crippen molar-refractivity contribution in [1.82, 2.24) is 0 Å². The van der Waals surface area contributed by atoms with E-state index >= 15 is 0 Å². The summed E-state index contributed by atoms with van der Waals surface area (Å²) in [6.45, 7) is 3.91. The average molecular weight is 420 g/mol. The summed E-state index contributed by atoms with van der Waals surface area (Å²) in [4.78, 5) is 24.7. The maximum Gasteiger partial charge on any atom is 0.262 e. The number of halogens is 1. The van der Waals surface area contributed by atoms with Crippen LogP contribution in [0.5, 0.6) is 5.75 Å². The van der Waals surface area contributed by atoms with Crippen LogP contribution in [-0.4, -0.2) is 18.4 Å². The number of rotatable bonds is 8. The van der Waals surface area contributed by atoms with Crippen molar-refractivity contribution < 1.29 is 18.7 Å². The lowest BCUT2D eigenvalue weighted by Gasteiger charge is -2.14. The number of carbonyl (C=O) groups excluding carboxylic acids is 2. The van der Waals surface area contributed by atoms with Crippen LogP contribution in [0.1, 0.15) is 35.3 Å². The third-order valence-electron chi connectivity index (χ3n) is 4.85. The Hall–Kier alpha value is -3.67. The van der Waals surface area contributed by atoms with Crippen LogP contribution in [0.25, 0.3) is 0 Å². The first-order valence-corrected chi connectivity index (χ1v) is 10.2. The molecule has 0 unspecified atom stereocenters. The largest absolute Gasteiger partial charge is 0.484 e. The monoisotopic (exact) mass is 420 g/mol. The highest BCUT2D eigenvalue weighted by molar-refractivity contribution is 6.05. The molecule has 0 aliphatic carbocycles. The van der Waals surface area contributed by atoms with Gasteiger partial charge in [-0.05, 0) is 72.5 Å². The lowest BCUT2D eigenvalue weighted by Crippen LogP contribution is -2.20. The van der Waals surface area contributed by atoms with Crippen LogP contribution in [0.4, 0.5) is 15.8 Å². The number of ether oxygens (including phenoxy) is 1. The van der Waals surface area contributed by atoms with Gasteiger partial charge in [-0.1, -0.05) is 32.0 Å². The molecule has 160 valence electrons. The van der Waals surface area contributed by atoms with Crippen LogP contribution in [0.15, 0.2) is 66.7 Å².